The van der Waals surface area contributed by atoms with E-state index >= 15 is 0 Å². The first-order valence-corrected chi connectivity index (χ1v) is 33.5. The van der Waals surface area contributed by atoms with Crippen LogP contribution in [-0.4, -0.2) is 14.1 Å². The molecule has 0 aliphatic heterocycles. The Morgan fingerprint density at radius 1 is 0.153 bits per heavy atom. The molecule has 468 valence electrons. The van der Waals surface area contributed by atoms with Crippen LogP contribution in [0.25, 0.3) is 88.3 Å². The minimum absolute atomic E-state index is 1.10. The molecule has 0 spiro atoms. The van der Waals surface area contributed by atoms with Crippen LogP contribution in [0.4, 0.5) is 56.9 Å². The van der Waals surface area contributed by atoms with Crippen LogP contribution in [0.15, 0.2) is 400 Å². The van der Waals surface area contributed by atoms with Gasteiger partial charge >= 0.3 is 0 Å². The van der Waals surface area contributed by atoms with Gasteiger partial charge in [0.2, 0.25) is 0 Å². The molecular weight excluding hydrogens is 1190 g/mol. The molecule has 0 aromatic heterocycles. The Labute approximate surface area is 575 Å². The summed E-state index contributed by atoms with van der Waals surface area (Å²) in [5, 5.41) is 5.00. The van der Waals surface area contributed by atoms with E-state index in [1.807, 2.05) is 0 Å². The molecule has 16 aromatic carbocycles. The van der Waals surface area contributed by atoms with E-state index in [9.17, 15) is 0 Å². The molecule has 16 aromatic rings. The minimum atomic E-state index is 1.10. The normalized spacial score (nSPS) is 11.0. The second-order valence-corrected chi connectivity index (χ2v) is 24.7. The van der Waals surface area contributed by atoms with Gasteiger partial charge in [-0.15, -0.1) is 0 Å². The number of hydrogen-bond acceptors (Lipinski definition) is 4. The Morgan fingerprint density at radius 3 is 0.816 bits per heavy atom. The third kappa shape index (κ3) is 13.5. The van der Waals surface area contributed by atoms with Crippen LogP contribution in [0.1, 0.15) is 0 Å². The summed E-state index contributed by atoms with van der Waals surface area (Å²) in [6.07, 6.45) is 0. The number of anilines is 10. The molecule has 0 atom stereocenters. The second kappa shape index (κ2) is 28.4. The third-order valence-electron chi connectivity index (χ3n) is 18.5. The summed E-state index contributed by atoms with van der Waals surface area (Å²) in [5.41, 5.74) is 25.6. The van der Waals surface area contributed by atoms with Gasteiger partial charge in [0.25, 0.3) is 0 Å². The van der Waals surface area contributed by atoms with E-state index in [0.29, 0.717) is 0 Å². The van der Waals surface area contributed by atoms with Crippen LogP contribution in [0, 0.1) is 0 Å². The lowest BCUT2D eigenvalue weighted by Gasteiger charge is -2.27. The monoisotopic (exact) mass is 1260 g/mol. The molecule has 0 aliphatic carbocycles. The van der Waals surface area contributed by atoms with E-state index < -0.39 is 0 Å². The smallest absolute Gasteiger partial charge is 0.0487 e. The van der Waals surface area contributed by atoms with Gasteiger partial charge in [-0.05, 0) is 198 Å². The summed E-state index contributed by atoms with van der Waals surface area (Å²) in [5.74, 6) is 0. The van der Waals surface area contributed by atoms with Crippen molar-refractivity contribution in [1.29, 1.82) is 0 Å². The first-order chi connectivity index (χ1) is 48.4. The SMILES string of the molecule is CN(c1ccc(-c2ccc(N(c3cccc(-c4ccccc4)c3)c3cccc(-c4ccccc4)c3)cc2)cc1)c1ccc2ccccc2c1.CN(c1ccc(-c2ccc(N(c3cccc(-c4ccccc4)c3)c3cccc(-c4ccccc4)c3)cc2)cc1)c1cccc2ccccc12. The highest BCUT2D eigenvalue weighted by Gasteiger charge is 2.19. The van der Waals surface area contributed by atoms with Crippen molar-refractivity contribution in [3.63, 3.8) is 0 Å². The minimum Gasteiger partial charge on any atom is -0.345 e. The van der Waals surface area contributed by atoms with E-state index in [-0.39, 0.29) is 0 Å². The molecule has 4 nitrogen and oxygen atoms in total. The molecule has 0 radical (unpaired) electrons. The van der Waals surface area contributed by atoms with Crippen molar-refractivity contribution in [2.75, 3.05) is 33.7 Å². The fourth-order valence-electron chi connectivity index (χ4n) is 13.3. The van der Waals surface area contributed by atoms with Gasteiger partial charge in [-0.2, -0.15) is 0 Å². The number of fused-ring (bicyclic) bond motifs is 2. The zero-order chi connectivity index (χ0) is 66.0. The van der Waals surface area contributed by atoms with Crippen molar-refractivity contribution in [1.82, 2.24) is 0 Å². The average molecular weight is 1260 g/mol. The highest BCUT2D eigenvalue weighted by molar-refractivity contribution is 5.96. The molecule has 0 heterocycles. The van der Waals surface area contributed by atoms with E-state index in [1.54, 1.807) is 0 Å². The lowest BCUT2D eigenvalue weighted by Crippen LogP contribution is -2.10. The molecule has 0 N–H and O–H groups in total. The lowest BCUT2D eigenvalue weighted by atomic mass is 10.0. The fourth-order valence-corrected chi connectivity index (χ4v) is 13.3. The van der Waals surface area contributed by atoms with Crippen molar-refractivity contribution in [3.05, 3.63) is 400 Å². The van der Waals surface area contributed by atoms with Gasteiger partial charge in [0, 0.05) is 76.4 Å². The predicted molar refractivity (Wildman–Crippen MR) is 419 cm³/mol. The van der Waals surface area contributed by atoms with E-state index in [0.717, 1.165) is 45.5 Å². The molecule has 4 heteroatoms. The Balaban J connectivity index is 0.000000160. The molecule has 0 saturated heterocycles. The summed E-state index contributed by atoms with van der Waals surface area (Å²) in [4.78, 5) is 9.21. The summed E-state index contributed by atoms with van der Waals surface area (Å²) in [7, 11) is 4.27. The molecule has 0 fully saturated rings. The van der Waals surface area contributed by atoms with Crippen molar-refractivity contribution in [2.45, 2.75) is 0 Å². The highest BCUT2D eigenvalue weighted by Crippen LogP contribution is 2.42. The van der Waals surface area contributed by atoms with Crippen LogP contribution in [0.3, 0.4) is 0 Å². The van der Waals surface area contributed by atoms with Gasteiger partial charge in [-0.1, -0.05) is 285 Å². The molecule has 0 saturated carbocycles. The molecule has 98 heavy (non-hydrogen) atoms. The summed E-state index contributed by atoms with van der Waals surface area (Å²) >= 11 is 0. The van der Waals surface area contributed by atoms with Crippen LogP contribution in [0.5, 0.6) is 0 Å². The van der Waals surface area contributed by atoms with Crippen LogP contribution in [0.2, 0.25) is 0 Å². The standard InChI is InChI=1S/2C47H36N2/c1-48(47-24-12-18-39-17-8-9-23-46(39)47)42-29-25-37(26-30-42)38-27-31-43(32-28-38)49(44-21-10-19-40(33-44)35-13-4-2-5-14-35)45-22-11-20-41(34-45)36-15-6-3-7-16-36;1-48(45-31-26-37-16-8-9-17-40(37)32-45)43-27-22-38(23-28-43)39-24-29-44(30-25-39)49(46-20-10-18-41(33-46)35-12-4-2-5-13-35)47-21-11-19-42(34-47)36-14-6-3-7-15-36/h2*2-34H,1H3. The maximum Gasteiger partial charge on any atom is 0.0487 e. The van der Waals surface area contributed by atoms with E-state index in [2.05, 4.69) is 434 Å². The maximum atomic E-state index is 2.35. The fraction of sp³-hybridized carbons (Fsp3) is 0.0213. The number of nitrogens with zero attached hydrogens (tertiary/aromatic N) is 4. The Kier molecular flexibility index (Phi) is 17.8. The summed E-state index contributed by atoms with van der Waals surface area (Å²) < 4.78 is 0. The molecule has 0 unspecified atom stereocenters. The maximum absolute atomic E-state index is 2.35. The summed E-state index contributed by atoms with van der Waals surface area (Å²) in [6, 6.07) is 143. The van der Waals surface area contributed by atoms with Gasteiger partial charge in [0.05, 0.1) is 0 Å². The highest BCUT2D eigenvalue weighted by atomic mass is 15.1. The van der Waals surface area contributed by atoms with Gasteiger partial charge in [0.1, 0.15) is 0 Å². The number of hydrogen-bond donors (Lipinski definition) is 0. The van der Waals surface area contributed by atoms with Crippen LogP contribution >= 0.6 is 0 Å². The molecule has 16 rings (SSSR count). The molecule has 0 aliphatic rings. The van der Waals surface area contributed by atoms with E-state index in [1.165, 1.54) is 99.7 Å². The van der Waals surface area contributed by atoms with Gasteiger partial charge in [0.15, 0.2) is 0 Å². The van der Waals surface area contributed by atoms with Gasteiger partial charge < -0.3 is 19.6 Å². The quantitative estimate of drug-likeness (QED) is 0.0956. The Hall–Kier alpha value is -12.8. The zero-order valence-corrected chi connectivity index (χ0v) is 54.9. The van der Waals surface area contributed by atoms with Crippen LogP contribution in [-0.2, 0) is 0 Å². The largest absolute Gasteiger partial charge is 0.345 e. The Morgan fingerprint density at radius 2 is 0.429 bits per heavy atom. The predicted octanol–water partition coefficient (Wildman–Crippen LogP) is 26.2. The third-order valence-corrected chi connectivity index (χ3v) is 18.5. The topological polar surface area (TPSA) is 13.0 Å². The van der Waals surface area contributed by atoms with Crippen molar-refractivity contribution in [2.24, 2.45) is 0 Å². The van der Waals surface area contributed by atoms with Crippen molar-refractivity contribution in [3.8, 4) is 66.8 Å². The van der Waals surface area contributed by atoms with Crippen LogP contribution < -0.4 is 19.6 Å². The molecular formula is C94H72N4. The number of benzene rings is 16. The van der Waals surface area contributed by atoms with Gasteiger partial charge in [-0.3, -0.25) is 0 Å². The first-order valence-electron chi connectivity index (χ1n) is 33.5. The van der Waals surface area contributed by atoms with E-state index in [4.69, 9.17) is 0 Å². The average Bonchev–Trinajstić information content (AvgIpc) is 0.861. The lowest BCUT2D eigenvalue weighted by molar-refractivity contribution is 1.21. The molecule has 0 bridgehead atoms. The summed E-state index contributed by atoms with van der Waals surface area (Å²) in [6.45, 7) is 0. The van der Waals surface area contributed by atoms with Gasteiger partial charge in [-0.25, -0.2) is 0 Å². The van der Waals surface area contributed by atoms with Crippen molar-refractivity contribution >= 4 is 78.4 Å². The van der Waals surface area contributed by atoms with Crippen molar-refractivity contribution < 1.29 is 0 Å². The Bertz CT molecular complexity index is 5150. The zero-order valence-electron chi connectivity index (χ0n) is 54.9. The molecule has 0 amide bonds. The first kappa shape index (κ1) is 61.4. The number of rotatable bonds is 16. The second-order valence-electron chi connectivity index (χ2n) is 24.7.